The molecule has 1 aromatic carbocycles. The van der Waals surface area contributed by atoms with E-state index >= 15 is 0 Å². The number of aromatic nitrogens is 4. The predicted octanol–water partition coefficient (Wildman–Crippen LogP) is 5.02. The van der Waals surface area contributed by atoms with Gasteiger partial charge in [-0.15, -0.1) is 0 Å². The Hall–Kier alpha value is -4.54. The molecule has 1 fully saturated rings. The molecule has 0 saturated heterocycles. The molecule has 0 atom stereocenters. The Labute approximate surface area is 222 Å². The van der Waals surface area contributed by atoms with E-state index in [9.17, 15) is 18.0 Å². The van der Waals surface area contributed by atoms with Crippen LogP contribution < -0.4 is 5.32 Å². The topological polar surface area (TPSA) is 110 Å². The molecule has 202 valence electrons. The molecule has 3 heterocycles. The Bertz CT molecular complexity index is 1390. The summed E-state index contributed by atoms with van der Waals surface area (Å²) in [6.07, 6.45) is 7.42. The minimum atomic E-state index is -5.08. The molecule has 4 aromatic rings. The van der Waals surface area contributed by atoms with Crippen molar-refractivity contribution in [3.63, 3.8) is 0 Å². The maximum absolute atomic E-state index is 13.0. The van der Waals surface area contributed by atoms with Crippen molar-refractivity contribution in [3.05, 3.63) is 90.8 Å². The number of hydrogen-bond donors (Lipinski definition) is 2. The highest BCUT2D eigenvalue weighted by atomic mass is 19.4. The van der Waals surface area contributed by atoms with Gasteiger partial charge in [-0.2, -0.15) is 13.2 Å². The van der Waals surface area contributed by atoms with E-state index in [0.717, 1.165) is 35.2 Å². The molecule has 0 unspecified atom stereocenters. The SMILES string of the molecule is O=C(NCCc1cccnc1)c1cc(-c2cnc(-c3ccccc3)nc2)cn1CC1CC1.O=C(O)C(F)(F)F. The predicted molar refractivity (Wildman–Crippen MR) is 138 cm³/mol. The Morgan fingerprint density at radius 3 is 2.26 bits per heavy atom. The molecule has 0 bridgehead atoms. The number of carbonyl (C=O) groups is 2. The number of nitrogens with zero attached hydrogens (tertiary/aromatic N) is 4. The number of halogens is 3. The third kappa shape index (κ3) is 7.97. The van der Waals surface area contributed by atoms with Gasteiger partial charge in [-0.25, -0.2) is 14.8 Å². The number of carbonyl (C=O) groups excluding carboxylic acids is 1. The van der Waals surface area contributed by atoms with Gasteiger partial charge in [-0.3, -0.25) is 9.78 Å². The van der Waals surface area contributed by atoms with Crippen LogP contribution in [0.4, 0.5) is 13.2 Å². The molecule has 1 aliphatic rings. The Morgan fingerprint density at radius 1 is 0.974 bits per heavy atom. The van der Waals surface area contributed by atoms with E-state index in [2.05, 4.69) is 31.0 Å². The van der Waals surface area contributed by atoms with Crippen LogP contribution in [-0.4, -0.2) is 49.2 Å². The van der Waals surface area contributed by atoms with Crippen molar-refractivity contribution in [2.45, 2.75) is 32.0 Å². The molecule has 0 radical (unpaired) electrons. The third-order valence-corrected chi connectivity index (χ3v) is 5.96. The first-order valence-electron chi connectivity index (χ1n) is 12.3. The zero-order valence-corrected chi connectivity index (χ0v) is 20.8. The van der Waals surface area contributed by atoms with Crippen LogP contribution in [0.2, 0.25) is 0 Å². The minimum absolute atomic E-state index is 0.0531. The molecule has 11 heteroatoms. The van der Waals surface area contributed by atoms with E-state index < -0.39 is 12.1 Å². The zero-order valence-electron chi connectivity index (χ0n) is 20.8. The fraction of sp³-hybridized carbons (Fsp3) is 0.250. The second kappa shape index (κ2) is 12.3. The number of nitrogens with one attached hydrogen (secondary N) is 1. The van der Waals surface area contributed by atoms with Gasteiger partial charge in [-0.05, 0) is 42.9 Å². The summed E-state index contributed by atoms with van der Waals surface area (Å²) < 4.78 is 33.8. The quantitative estimate of drug-likeness (QED) is 0.327. The minimum Gasteiger partial charge on any atom is -0.475 e. The van der Waals surface area contributed by atoms with Gasteiger partial charge in [0.1, 0.15) is 5.69 Å². The van der Waals surface area contributed by atoms with E-state index in [1.54, 1.807) is 6.20 Å². The van der Waals surface area contributed by atoms with Gasteiger partial charge in [-0.1, -0.05) is 36.4 Å². The maximum atomic E-state index is 13.0. The molecule has 0 aliphatic heterocycles. The van der Waals surface area contributed by atoms with Crippen LogP contribution in [0.3, 0.4) is 0 Å². The first kappa shape index (κ1) is 27.5. The molecule has 0 spiro atoms. The summed E-state index contributed by atoms with van der Waals surface area (Å²) in [6, 6.07) is 15.8. The molecule has 39 heavy (non-hydrogen) atoms. The third-order valence-electron chi connectivity index (χ3n) is 5.96. The molecular formula is C28H26F3N5O3. The van der Waals surface area contributed by atoms with Crippen LogP contribution in [0, 0.1) is 5.92 Å². The van der Waals surface area contributed by atoms with Crippen LogP contribution >= 0.6 is 0 Å². The summed E-state index contributed by atoms with van der Waals surface area (Å²) in [5.74, 6) is -1.45. The lowest BCUT2D eigenvalue weighted by Gasteiger charge is -2.09. The van der Waals surface area contributed by atoms with Crippen molar-refractivity contribution in [2.24, 2.45) is 5.92 Å². The molecule has 3 aromatic heterocycles. The lowest BCUT2D eigenvalue weighted by atomic mass is 10.1. The van der Waals surface area contributed by atoms with Crippen LogP contribution in [0.25, 0.3) is 22.5 Å². The Balaban J connectivity index is 0.000000448. The van der Waals surface area contributed by atoms with Gasteiger partial charge in [0.15, 0.2) is 5.82 Å². The number of hydrogen-bond acceptors (Lipinski definition) is 5. The molecule has 5 rings (SSSR count). The average Bonchev–Trinajstić information content (AvgIpc) is 3.65. The summed E-state index contributed by atoms with van der Waals surface area (Å²) >= 11 is 0. The van der Waals surface area contributed by atoms with Crippen molar-refractivity contribution >= 4 is 11.9 Å². The second-order valence-electron chi connectivity index (χ2n) is 9.04. The number of amides is 1. The summed E-state index contributed by atoms with van der Waals surface area (Å²) in [6.45, 7) is 1.44. The van der Waals surface area contributed by atoms with Crippen LogP contribution in [0.1, 0.15) is 28.9 Å². The molecule has 2 N–H and O–H groups in total. The monoisotopic (exact) mass is 537 g/mol. The summed E-state index contributed by atoms with van der Waals surface area (Å²) in [4.78, 5) is 35.1. The number of rotatable bonds is 8. The smallest absolute Gasteiger partial charge is 0.475 e. The molecule has 8 nitrogen and oxygen atoms in total. The average molecular weight is 538 g/mol. The normalized spacial score (nSPS) is 12.8. The van der Waals surface area contributed by atoms with Crippen molar-refractivity contribution in [3.8, 4) is 22.5 Å². The van der Waals surface area contributed by atoms with E-state index in [4.69, 9.17) is 9.90 Å². The lowest BCUT2D eigenvalue weighted by Crippen LogP contribution is -2.28. The van der Waals surface area contributed by atoms with Crippen molar-refractivity contribution < 1.29 is 27.9 Å². The van der Waals surface area contributed by atoms with E-state index in [1.165, 1.54) is 12.8 Å². The van der Waals surface area contributed by atoms with E-state index in [1.807, 2.05) is 67.1 Å². The molecule has 1 amide bonds. The first-order valence-corrected chi connectivity index (χ1v) is 12.3. The Morgan fingerprint density at radius 2 is 1.67 bits per heavy atom. The summed E-state index contributed by atoms with van der Waals surface area (Å²) in [5.41, 5.74) is 4.65. The number of pyridine rings is 1. The fourth-order valence-electron chi connectivity index (χ4n) is 3.76. The van der Waals surface area contributed by atoms with E-state index in [-0.39, 0.29) is 5.91 Å². The second-order valence-corrected chi connectivity index (χ2v) is 9.04. The molecule has 1 saturated carbocycles. The highest BCUT2D eigenvalue weighted by molar-refractivity contribution is 5.94. The van der Waals surface area contributed by atoms with Gasteiger partial charge in [0.25, 0.3) is 5.91 Å². The lowest BCUT2D eigenvalue weighted by molar-refractivity contribution is -0.192. The van der Waals surface area contributed by atoms with Crippen LogP contribution in [0.15, 0.2) is 79.5 Å². The number of benzene rings is 1. The van der Waals surface area contributed by atoms with Gasteiger partial charge >= 0.3 is 12.1 Å². The maximum Gasteiger partial charge on any atom is 0.490 e. The molecule has 1 aliphatic carbocycles. The number of aliphatic carboxylic acids is 1. The standard InChI is InChI=1S/C26H25N5O.C2HF3O2/c32-26(28-12-10-19-5-4-11-27-14-19)24-13-22(18-31(24)17-20-8-9-20)23-15-29-25(30-16-23)21-6-2-1-3-7-21;3-2(4,5)1(6)7/h1-7,11,13-16,18,20H,8-10,12,17H2,(H,28,32);(H,6,7). The van der Waals surface area contributed by atoms with Gasteiger partial charge < -0.3 is 15.0 Å². The highest BCUT2D eigenvalue weighted by Gasteiger charge is 2.38. The number of alkyl halides is 3. The van der Waals surface area contributed by atoms with Crippen molar-refractivity contribution in [1.82, 2.24) is 24.8 Å². The first-order chi connectivity index (χ1) is 18.7. The van der Waals surface area contributed by atoms with Crippen molar-refractivity contribution in [2.75, 3.05) is 6.54 Å². The van der Waals surface area contributed by atoms with Crippen LogP contribution in [0.5, 0.6) is 0 Å². The van der Waals surface area contributed by atoms with Gasteiger partial charge in [0.2, 0.25) is 0 Å². The highest BCUT2D eigenvalue weighted by Crippen LogP contribution is 2.32. The van der Waals surface area contributed by atoms with Gasteiger partial charge in [0, 0.05) is 60.8 Å². The van der Waals surface area contributed by atoms with E-state index in [0.29, 0.717) is 24.0 Å². The summed E-state index contributed by atoms with van der Waals surface area (Å²) in [7, 11) is 0. The van der Waals surface area contributed by atoms with Crippen LogP contribution in [-0.2, 0) is 17.8 Å². The number of carboxylic acids is 1. The Kier molecular flexibility index (Phi) is 8.70. The number of carboxylic acid groups (broad SMARTS) is 1. The van der Waals surface area contributed by atoms with Gasteiger partial charge in [0.05, 0.1) is 0 Å². The molecular weight excluding hydrogens is 511 g/mol. The summed E-state index contributed by atoms with van der Waals surface area (Å²) in [5, 5.41) is 10.2. The largest absolute Gasteiger partial charge is 0.490 e. The fourth-order valence-corrected chi connectivity index (χ4v) is 3.76. The zero-order chi connectivity index (χ0) is 27.8. The van der Waals surface area contributed by atoms with Crippen molar-refractivity contribution in [1.29, 1.82) is 0 Å².